The smallest absolute Gasteiger partial charge is 0.316 e. The lowest BCUT2D eigenvalue weighted by atomic mass is 10.1. The monoisotopic (exact) mass is 640 g/mol. The topological polar surface area (TPSA) is 128 Å². The van der Waals surface area contributed by atoms with Crippen LogP contribution in [0.1, 0.15) is 4.88 Å². The van der Waals surface area contributed by atoms with Crippen molar-refractivity contribution in [3.63, 3.8) is 0 Å². The molecule has 0 unspecified atom stereocenters. The normalized spacial score (nSPS) is 11.3. The molecule has 0 aliphatic carbocycles. The summed E-state index contributed by atoms with van der Waals surface area (Å²) in [7, 11) is -3.92. The van der Waals surface area contributed by atoms with Crippen molar-refractivity contribution in [3.05, 3.63) is 74.3 Å². The molecule has 0 fully saturated rings. The molecule has 4 aromatic rings. The van der Waals surface area contributed by atoms with E-state index in [-0.39, 0.29) is 37.5 Å². The summed E-state index contributed by atoms with van der Waals surface area (Å²) in [5.41, 5.74) is 1.05. The summed E-state index contributed by atoms with van der Waals surface area (Å²) in [4.78, 5) is 17.3. The second-order valence-corrected chi connectivity index (χ2v) is 11.2. The maximum absolute atomic E-state index is 12.7. The summed E-state index contributed by atoms with van der Waals surface area (Å²) in [6, 6.07) is 11.2. The van der Waals surface area contributed by atoms with Crippen LogP contribution in [0.3, 0.4) is 0 Å². The molecule has 0 aliphatic rings. The first-order valence-corrected chi connectivity index (χ1v) is 14.0. The van der Waals surface area contributed by atoms with E-state index in [0.717, 1.165) is 13.8 Å². The summed E-state index contributed by atoms with van der Waals surface area (Å²) in [6.07, 6.45) is 4.38. The highest BCUT2D eigenvalue weighted by atomic mass is 79.9. The molecular weight excluding hydrogens is 624 g/mol. The Kier molecular flexibility index (Phi) is 8.62. The van der Waals surface area contributed by atoms with Gasteiger partial charge < -0.3 is 9.47 Å². The molecule has 0 amide bonds. The van der Waals surface area contributed by atoms with Gasteiger partial charge in [-0.1, -0.05) is 34.1 Å². The molecule has 0 radical (unpaired) electrons. The lowest BCUT2D eigenvalue weighted by Crippen LogP contribution is -2.30. The van der Waals surface area contributed by atoms with Crippen LogP contribution in [-0.2, 0) is 16.8 Å². The van der Waals surface area contributed by atoms with Gasteiger partial charge in [0.05, 0.1) is 10.0 Å². The van der Waals surface area contributed by atoms with E-state index in [4.69, 9.17) is 9.47 Å². The lowest BCUT2D eigenvalue weighted by molar-refractivity contribution is 0.202. The standard InChI is InChI=1S/C21H18Br2N6O4S2/c22-15-5-3-14(4-6-15)18-19(29-35(30,31)28-12-17-2-1-9-34-17)26-13-27-20(18)32-7-8-33-21-24-10-16(23)11-25-21/h1-6,9-11,13,28H,7-8,12H2,(H,26,27,29). The average Bonchev–Trinajstić information content (AvgIpc) is 3.36. The fourth-order valence-corrected chi connectivity index (χ4v) is 4.85. The van der Waals surface area contributed by atoms with Crippen LogP contribution in [0.25, 0.3) is 11.1 Å². The van der Waals surface area contributed by atoms with E-state index in [1.54, 1.807) is 24.5 Å². The predicted octanol–water partition coefficient (Wildman–Crippen LogP) is 4.42. The van der Waals surface area contributed by atoms with E-state index >= 15 is 0 Å². The average molecular weight is 642 g/mol. The number of hydrogen-bond donors (Lipinski definition) is 2. The molecule has 1 aromatic carbocycles. The van der Waals surface area contributed by atoms with Crippen molar-refractivity contribution >= 4 is 59.2 Å². The van der Waals surface area contributed by atoms with Crippen LogP contribution in [0.2, 0.25) is 0 Å². The number of hydrogen-bond acceptors (Lipinski definition) is 9. The molecule has 14 heteroatoms. The molecule has 0 spiro atoms. The zero-order chi connectivity index (χ0) is 24.7. The van der Waals surface area contributed by atoms with E-state index < -0.39 is 10.2 Å². The number of aromatic nitrogens is 4. The fraction of sp³-hybridized carbons (Fsp3) is 0.143. The van der Waals surface area contributed by atoms with Crippen molar-refractivity contribution in [1.29, 1.82) is 0 Å². The number of ether oxygens (including phenoxy) is 2. The van der Waals surface area contributed by atoms with E-state index in [0.29, 0.717) is 11.1 Å². The molecule has 35 heavy (non-hydrogen) atoms. The fourth-order valence-electron chi connectivity index (χ4n) is 2.82. The first kappa shape index (κ1) is 25.4. The van der Waals surface area contributed by atoms with Gasteiger partial charge in [0, 0.05) is 28.3 Å². The zero-order valence-corrected chi connectivity index (χ0v) is 22.7. The van der Waals surface area contributed by atoms with Gasteiger partial charge in [-0.05, 0) is 45.1 Å². The maximum Gasteiger partial charge on any atom is 0.316 e. The summed E-state index contributed by atoms with van der Waals surface area (Å²) < 4.78 is 43.4. The largest absolute Gasteiger partial charge is 0.473 e. The molecule has 3 heterocycles. The Labute approximate surface area is 222 Å². The minimum absolute atomic E-state index is 0.0770. The van der Waals surface area contributed by atoms with E-state index in [1.165, 1.54) is 17.7 Å². The molecule has 182 valence electrons. The molecule has 0 atom stereocenters. The van der Waals surface area contributed by atoms with Gasteiger partial charge >= 0.3 is 16.2 Å². The van der Waals surface area contributed by atoms with Gasteiger partial charge in [0.1, 0.15) is 19.5 Å². The first-order valence-electron chi connectivity index (χ1n) is 10.0. The SMILES string of the molecule is O=S(=O)(NCc1cccs1)Nc1ncnc(OCCOc2ncc(Br)cn2)c1-c1ccc(Br)cc1. The third-order valence-electron chi connectivity index (χ3n) is 4.34. The van der Waals surface area contributed by atoms with Gasteiger partial charge in [-0.15, -0.1) is 11.3 Å². The highest BCUT2D eigenvalue weighted by Gasteiger charge is 2.20. The van der Waals surface area contributed by atoms with Gasteiger partial charge in [-0.2, -0.15) is 13.1 Å². The third-order valence-corrected chi connectivity index (χ3v) is 7.14. The van der Waals surface area contributed by atoms with Crippen molar-refractivity contribution < 1.29 is 17.9 Å². The van der Waals surface area contributed by atoms with Gasteiger partial charge in [-0.25, -0.2) is 19.9 Å². The van der Waals surface area contributed by atoms with Crippen LogP contribution in [0.15, 0.2) is 69.4 Å². The van der Waals surface area contributed by atoms with Crippen LogP contribution in [0, 0.1) is 0 Å². The third kappa shape index (κ3) is 7.41. The van der Waals surface area contributed by atoms with Crippen LogP contribution in [0.5, 0.6) is 11.9 Å². The molecule has 4 rings (SSSR count). The Hall–Kier alpha value is -2.65. The lowest BCUT2D eigenvalue weighted by Gasteiger charge is -2.16. The van der Waals surface area contributed by atoms with Crippen LogP contribution in [-0.4, -0.2) is 41.6 Å². The second-order valence-electron chi connectivity index (χ2n) is 6.80. The van der Waals surface area contributed by atoms with Gasteiger partial charge in [0.25, 0.3) is 0 Å². The summed E-state index contributed by atoms with van der Waals surface area (Å²) in [6.45, 7) is 0.419. The number of nitrogens with one attached hydrogen (secondary N) is 2. The predicted molar refractivity (Wildman–Crippen MR) is 140 cm³/mol. The molecular formula is C21H18Br2N6O4S2. The zero-order valence-electron chi connectivity index (χ0n) is 17.9. The molecule has 0 saturated carbocycles. The molecule has 0 bridgehead atoms. The Balaban J connectivity index is 1.52. The Morgan fingerprint density at radius 2 is 1.66 bits per heavy atom. The summed E-state index contributed by atoms with van der Waals surface area (Å²) in [5, 5.41) is 1.88. The van der Waals surface area contributed by atoms with Crippen molar-refractivity contribution in [3.8, 4) is 23.0 Å². The van der Waals surface area contributed by atoms with Crippen LogP contribution < -0.4 is 18.9 Å². The molecule has 2 N–H and O–H groups in total. The summed E-state index contributed by atoms with van der Waals surface area (Å²) >= 11 is 8.13. The number of nitrogens with zero attached hydrogens (tertiary/aromatic N) is 4. The number of thiophene rings is 1. The van der Waals surface area contributed by atoms with E-state index in [1.807, 2.05) is 29.6 Å². The number of anilines is 1. The van der Waals surface area contributed by atoms with Crippen LogP contribution in [0.4, 0.5) is 5.82 Å². The molecule has 0 saturated heterocycles. The maximum atomic E-state index is 12.7. The highest BCUT2D eigenvalue weighted by Crippen LogP contribution is 2.35. The summed E-state index contributed by atoms with van der Waals surface area (Å²) in [5.74, 6) is 0.270. The van der Waals surface area contributed by atoms with Crippen molar-refractivity contribution in [1.82, 2.24) is 24.7 Å². The molecule has 10 nitrogen and oxygen atoms in total. The minimum Gasteiger partial charge on any atom is -0.473 e. The van der Waals surface area contributed by atoms with Crippen molar-refractivity contribution in [2.24, 2.45) is 0 Å². The van der Waals surface area contributed by atoms with Crippen molar-refractivity contribution in [2.45, 2.75) is 6.54 Å². The Morgan fingerprint density at radius 3 is 2.37 bits per heavy atom. The van der Waals surface area contributed by atoms with Crippen LogP contribution >= 0.6 is 43.2 Å². The second kappa shape index (κ2) is 11.9. The quantitative estimate of drug-likeness (QED) is 0.230. The van der Waals surface area contributed by atoms with E-state index in [9.17, 15) is 8.42 Å². The van der Waals surface area contributed by atoms with Crippen molar-refractivity contribution in [2.75, 3.05) is 17.9 Å². The first-order chi connectivity index (χ1) is 16.9. The van der Waals surface area contributed by atoms with Gasteiger partial charge in [0.15, 0.2) is 5.82 Å². The number of rotatable bonds is 11. The van der Waals surface area contributed by atoms with Gasteiger partial charge in [0.2, 0.25) is 5.88 Å². The van der Waals surface area contributed by atoms with Gasteiger partial charge in [-0.3, -0.25) is 4.72 Å². The van der Waals surface area contributed by atoms with E-state index in [2.05, 4.69) is 61.2 Å². The number of halogens is 2. The Morgan fingerprint density at radius 1 is 0.914 bits per heavy atom. The minimum atomic E-state index is -3.92. The Bertz CT molecular complexity index is 1360. The molecule has 0 aliphatic heterocycles. The highest BCUT2D eigenvalue weighted by molar-refractivity contribution is 9.10. The molecule has 3 aromatic heterocycles. The number of benzene rings is 1.